The molecule has 0 radical (unpaired) electrons. The standard InChI is InChI=1S/C13H30N2.C12H28N2.2C9H22N2.C6H16N2.C4H11N/c1-3-4-5-6-7-8-9-12-15-13-10-11-14-2;1-3-4-5-8-11-14-12-9-6-7-10-13-2;1-3-7-11-9-6-4-5-8-10-2;1-3-4-5-8-11-9-6-7-10-2;1-3-4-8-6-5-7-2;1-3-4-5-2/h14-15H,3-13H2,1-2H3;13-14H,3-12H2,1-2H3;2*10-11H,3-9H2,1-2H3;7-8H,3-6H2,1-2H3;5H,3-4H2,1-2H3. The van der Waals surface area contributed by atoms with Gasteiger partial charge < -0.3 is 58.5 Å². The molecular weight excluding hydrogens is 791 g/mol. The molecule has 64 heavy (non-hydrogen) atoms. The number of nitrogens with one attached hydrogen (secondary N) is 11. The van der Waals surface area contributed by atoms with Gasteiger partial charge in [0.25, 0.3) is 0 Å². The monoisotopic (exact) mass is 920 g/mol. The fourth-order valence-electron chi connectivity index (χ4n) is 6.06. The highest BCUT2D eigenvalue weighted by Crippen LogP contribution is 2.06. The van der Waals surface area contributed by atoms with Crippen LogP contribution in [0.1, 0.15) is 202 Å². The number of unbranched alkanes of at least 4 members (excludes halogenated alkanes) is 15. The van der Waals surface area contributed by atoms with Crippen molar-refractivity contribution in [1.29, 1.82) is 0 Å². The maximum Gasteiger partial charge on any atom is 0.00766 e. The number of rotatable bonds is 46. The van der Waals surface area contributed by atoms with Gasteiger partial charge in [0.2, 0.25) is 0 Å². The third-order valence-corrected chi connectivity index (χ3v) is 10.1. The third kappa shape index (κ3) is 109. The molecule has 0 aliphatic carbocycles. The minimum atomic E-state index is 1.07. The molecule has 0 aliphatic heterocycles. The predicted octanol–water partition coefficient (Wildman–Crippen LogP) is 9.05. The average Bonchev–Trinajstić information content (AvgIpc) is 3.31. The maximum absolute atomic E-state index is 3.50. The van der Waals surface area contributed by atoms with Crippen LogP contribution in [-0.2, 0) is 0 Å². The second-order valence-electron chi connectivity index (χ2n) is 17.1. The zero-order valence-electron chi connectivity index (χ0n) is 46.5. The lowest BCUT2D eigenvalue weighted by Crippen LogP contribution is -2.25. The van der Waals surface area contributed by atoms with E-state index in [-0.39, 0.29) is 0 Å². The van der Waals surface area contributed by atoms with Crippen molar-refractivity contribution in [2.75, 3.05) is 147 Å². The van der Waals surface area contributed by atoms with Crippen molar-refractivity contribution in [1.82, 2.24) is 58.5 Å². The minimum Gasteiger partial charge on any atom is -0.320 e. The molecule has 0 aliphatic rings. The quantitative estimate of drug-likeness (QED) is 0.0268. The Morgan fingerprint density at radius 1 is 0.156 bits per heavy atom. The molecule has 0 aromatic carbocycles. The van der Waals surface area contributed by atoms with Crippen molar-refractivity contribution in [3.8, 4) is 0 Å². The van der Waals surface area contributed by atoms with E-state index >= 15 is 0 Å². The molecule has 11 heteroatoms. The first-order chi connectivity index (χ1) is 31.5. The second-order valence-corrected chi connectivity index (χ2v) is 17.1. The number of hydrogen-bond acceptors (Lipinski definition) is 11. The van der Waals surface area contributed by atoms with E-state index in [1.54, 1.807) is 0 Å². The molecule has 0 unspecified atom stereocenters. The van der Waals surface area contributed by atoms with E-state index in [0.717, 1.165) is 65.4 Å². The van der Waals surface area contributed by atoms with Crippen LogP contribution in [0.3, 0.4) is 0 Å². The maximum atomic E-state index is 3.50. The summed E-state index contributed by atoms with van der Waals surface area (Å²) >= 11 is 0. The van der Waals surface area contributed by atoms with Gasteiger partial charge in [-0.05, 0) is 211 Å². The zero-order chi connectivity index (χ0) is 48.8. The summed E-state index contributed by atoms with van der Waals surface area (Å²) in [6.45, 7) is 31.8. The van der Waals surface area contributed by atoms with Gasteiger partial charge in [0.1, 0.15) is 0 Å². The van der Waals surface area contributed by atoms with Crippen LogP contribution < -0.4 is 58.5 Å². The lowest BCUT2D eigenvalue weighted by molar-refractivity contribution is 0.553. The molecule has 396 valence electrons. The van der Waals surface area contributed by atoms with Crippen molar-refractivity contribution in [2.45, 2.75) is 202 Å². The largest absolute Gasteiger partial charge is 0.320 e. The van der Waals surface area contributed by atoms with Crippen molar-refractivity contribution >= 4 is 0 Å². The van der Waals surface area contributed by atoms with E-state index in [1.807, 2.05) is 42.3 Å². The lowest BCUT2D eigenvalue weighted by Gasteiger charge is -2.04. The molecule has 0 bridgehead atoms. The van der Waals surface area contributed by atoms with Gasteiger partial charge in [-0.1, -0.05) is 125 Å². The summed E-state index contributed by atoms with van der Waals surface area (Å²) in [5.74, 6) is 0. The van der Waals surface area contributed by atoms with Crippen LogP contribution in [0.5, 0.6) is 0 Å². The Kier molecular flexibility index (Phi) is 105. The van der Waals surface area contributed by atoms with E-state index in [9.17, 15) is 0 Å². The Morgan fingerprint density at radius 2 is 0.375 bits per heavy atom. The normalized spacial score (nSPS) is 10.3. The van der Waals surface area contributed by atoms with Gasteiger partial charge in [-0.25, -0.2) is 0 Å². The van der Waals surface area contributed by atoms with Crippen molar-refractivity contribution in [2.24, 2.45) is 0 Å². The second kappa shape index (κ2) is 89.2. The summed E-state index contributed by atoms with van der Waals surface area (Å²) in [6.07, 6.45) is 33.5. The highest BCUT2D eigenvalue weighted by atomic mass is 14.9. The fourth-order valence-corrected chi connectivity index (χ4v) is 6.06. The molecule has 0 saturated carbocycles. The van der Waals surface area contributed by atoms with Gasteiger partial charge in [-0.15, -0.1) is 0 Å². The van der Waals surface area contributed by atoms with Gasteiger partial charge in [0.05, 0.1) is 0 Å². The van der Waals surface area contributed by atoms with Crippen molar-refractivity contribution in [3.63, 3.8) is 0 Å². The van der Waals surface area contributed by atoms with Crippen LogP contribution in [0.2, 0.25) is 0 Å². The summed E-state index contributed by atoms with van der Waals surface area (Å²) in [6, 6.07) is 0. The van der Waals surface area contributed by atoms with Crippen LogP contribution in [0.15, 0.2) is 0 Å². The Morgan fingerprint density at radius 3 is 0.703 bits per heavy atom. The summed E-state index contributed by atoms with van der Waals surface area (Å²) in [7, 11) is 12.0. The van der Waals surface area contributed by atoms with E-state index in [2.05, 4.69) is 100 Å². The van der Waals surface area contributed by atoms with Crippen LogP contribution in [0.25, 0.3) is 0 Å². The van der Waals surface area contributed by atoms with Crippen LogP contribution in [0, 0.1) is 0 Å². The summed E-state index contributed by atoms with van der Waals surface area (Å²) in [5, 5.41) is 35.8. The van der Waals surface area contributed by atoms with E-state index in [1.165, 1.54) is 200 Å². The van der Waals surface area contributed by atoms with E-state index in [4.69, 9.17) is 0 Å². The lowest BCUT2D eigenvalue weighted by atomic mass is 10.1. The molecule has 0 rings (SSSR count). The first kappa shape index (κ1) is 75.1. The van der Waals surface area contributed by atoms with E-state index < -0.39 is 0 Å². The first-order valence-electron chi connectivity index (χ1n) is 27.9. The highest BCUT2D eigenvalue weighted by Gasteiger charge is 1.93. The van der Waals surface area contributed by atoms with Crippen LogP contribution in [-0.4, -0.2) is 147 Å². The third-order valence-electron chi connectivity index (χ3n) is 10.1. The molecule has 0 amide bonds. The molecule has 0 atom stereocenters. The smallest absolute Gasteiger partial charge is 0.00766 e. The fraction of sp³-hybridized carbons (Fsp3) is 1.00. The molecule has 0 spiro atoms. The van der Waals surface area contributed by atoms with Crippen LogP contribution in [0.4, 0.5) is 0 Å². The first-order valence-corrected chi connectivity index (χ1v) is 27.9. The molecule has 11 N–H and O–H groups in total. The summed E-state index contributed by atoms with van der Waals surface area (Å²) < 4.78 is 0. The predicted molar refractivity (Wildman–Crippen MR) is 297 cm³/mol. The van der Waals surface area contributed by atoms with Gasteiger partial charge in [0.15, 0.2) is 0 Å². The van der Waals surface area contributed by atoms with Crippen LogP contribution >= 0.6 is 0 Å². The van der Waals surface area contributed by atoms with Gasteiger partial charge in [-0.3, -0.25) is 0 Å². The average molecular weight is 921 g/mol. The molecule has 0 fully saturated rings. The Labute approximate surface area is 406 Å². The van der Waals surface area contributed by atoms with E-state index in [0.29, 0.717) is 0 Å². The SMILES string of the molecule is CCCCCCCCCNCCCNC.CCCCCCNCCCCCNC.CCCCCNCCCNC.CCCNC.CCCNCCCCCNC.CCCNCCNC. The van der Waals surface area contributed by atoms with Crippen molar-refractivity contribution < 1.29 is 0 Å². The topological polar surface area (TPSA) is 132 Å². The summed E-state index contributed by atoms with van der Waals surface area (Å²) in [5.41, 5.74) is 0. The summed E-state index contributed by atoms with van der Waals surface area (Å²) in [4.78, 5) is 0. The zero-order valence-corrected chi connectivity index (χ0v) is 46.5. The highest BCUT2D eigenvalue weighted by molar-refractivity contribution is 4.54. The number of likely N-dealkylation sites (N-methyl/N-ethyl adjacent to an activating group) is 1. The minimum absolute atomic E-state index is 1.07. The Balaban J connectivity index is -0.000000162. The molecule has 0 aromatic rings. The molecule has 0 heterocycles. The molecule has 11 nitrogen and oxygen atoms in total. The Hall–Kier alpha value is -0.440. The number of hydrogen-bond donors (Lipinski definition) is 11. The van der Waals surface area contributed by atoms with Gasteiger partial charge >= 0.3 is 0 Å². The Bertz CT molecular complexity index is 569. The van der Waals surface area contributed by atoms with Crippen molar-refractivity contribution in [3.05, 3.63) is 0 Å². The molecule has 0 saturated heterocycles. The molecule has 0 aromatic heterocycles. The molecular formula is C53H129N11. The van der Waals surface area contributed by atoms with Gasteiger partial charge in [0, 0.05) is 13.1 Å². The van der Waals surface area contributed by atoms with Gasteiger partial charge in [-0.2, -0.15) is 0 Å².